The molecule has 1 aromatic carbocycles. The standard InChI is InChI=1S/C19H17ClN2O3/c1-11-15(19(24)25-3)10-16-17(21-11)8-9-22(18(16)23)12(2)13-4-6-14(20)7-5-13/h4-10,12H,1-3H3. The molecule has 0 bridgehead atoms. The van der Waals surface area contributed by atoms with Gasteiger partial charge in [-0.25, -0.2) is 4.79 Å². The lowest BCUT2D eigenvalue weighted by Gasteiger charge is -2.16. The van der Waals surface area contributed by atoms with Crippen LogP contribution in [0.2, 0.25) is 5.02 Å². The van der Waals surface area contributed by atoms with Gasteiger partial charge in [-0.05, 0) is 43.7 Å². The topological polar surface area (TPSA) is 61.2 Å². The van der Waals surface area contributed by atoms with Crippen LogP contribution in [0.5, 0.6) is 0 Å². The van der Waals surface area contributed by atoms with E-state index in [1.54, 1.807) is 42.0 Å². The summed E-state index contributed by atoms with van der Waals surface area (Å²) < 4.78 is 6.38. The van der Waals surface area contributed by atoms with Crippen molar-refractivity contribution in [1.82, 2.24) is 9.55 Å². The number of carbonyl (C=O) groups excluding carboxylic acids is 1. The smallest absolute Gasteiger partial charge is 0.339 e. The average molecular weight is 357 g/mol. The van der Waals surface area contributed by atoms with E-state index in [4.69, 9.17) is 16.3 Å². The molecule has 0 radical (unpaired) electrons. The Bertz CT molecular complexity index is 1010. The molecule has 0 fully saturated rings. The predicted octanol–water partition coefficient (Wildman–Crippen LogP) is 3.75. The fourth-order valence-electron chi connectivity index (χ4n) is 2.80. The van der Waals surface area contributed by atoms with Gasteiger partial charge in [-0.3, -0.25) is 9.78 Å². The van der Waals surface area contributed by atoms with Gasteiger partial charge in [-0.1, -0.05) is 23.7 Å². The van der Waals surface area contributed by atoms with Crippen molar-refractivity contribution in [3.63, 3.8) is 0 Å². The normalized spacial score (nSPS) is 12.2. The molecule has 3 rings (SSSR count). The summed E-state index contributed by atoms with van der Waals surface area (Å²) >= 11 is 5.93. The Balaban J connectivity index is 2.16. The number of aromatic nitrogens is 2. The summed E-state index contributed by atoms with van der Waals surface area (Å²) in [5.41, 5.74) is 2.12. The summed E-state index contributed by atoms with van der Waals surface area (Å²) in [6.07, 6.45) is 1.72. The Morgan fingerprint density at radius 3 is 2.56 bits per heavy atom. The molecule has 0 N–H and O–H groups in total. The molecule has 0 aliphatic rings. The minimum Gasteiger partial charge on any atom is -0.465 e. The third kappa shape index (κ3) is 3.15. The van der Waals surface area contributed by atoms with Gasteiger partial charge in [0.1, 0.15) is 0 Å². The molecule has 128 valence electrons. The minimum absolute atomic E-state index is 0.183. The van der Waals surface area contributed by atoms with Crippen molar-refractivity contribution < 1.29 is 9.53 Å². The zero-order valence-corrected chi connectivity index (χ0v) is 14.9. The summed E-state index contributed by atoms with van der Waals surface area (Å²) in [5, 5.41) is 1.03. The van der Waals surface area contributed by atoms with Crippen LogP contribution in [-0.4, -0.2) is 22.6 Å². The van der Waals surface area contributed by atoms with Crippen LogP contribution in [0.4, 0.5) is 0 Å². The number of methoxy groups -OCH3 is 1. The highest BCUT2D eigenvalue weighted by molar-refractivity contribution is 6.30. The fourth-order valence-corrected chi connectivity index (χ4v) is 2.93. The van der Waals surface area contributed by atoms with Crippen molar-refractivity contribution in [2.24, 2.45) is 0 Å². The van der Waals surface area contributed by atoms with Crippen molar-refractivity contribution in [1.29, 1.82) is 0 Å². The van der Waals surface area contributed by atoms with Gasteiger partial charge < -0.3 is 9.30 Å². The number of rotatable bonds is 3. The maximum Gasteiger partial charge on any atom is 0.339 e. The highest BCUT2D eigenvalue weighted by Crippen LogP contribution is 2.21. The zero-order valence-electron chi connectivity index (χ0n) is 14.1. The van der Waals surface area contributed by atoms with Gasteiger partial charge in [0, 0.05) is 11.2 Å². The largest absolute Gasteiger partial charge is 0.465 e. The Kier molecular flexibility index (Phi) is 4.59. The van der Waals surface area contributed by atoms with E-state index in [2.05, 4.69) is 4.98 Å². The van der Waals surface area contributed by atoms with Crippen LogP contribution in [0, 0.1) is 6.92 Å². The number of hydrogen-bond acceptors (Lipinski definition) is 4. The van der Waals surface area contributed by atoms with Crippen molar-refractivity contribution in [3.05, 3.63) is 74.8 Å². The van der Waals surface area contributed by atoms with E-state index >= 15 is 0 Å². The third-order valence-corrected chi connectivity index (χ3v) is 4.53. The molecule has 0 saturated heterocycles. The maximum absolute atomic E-state index is 12.9. The second-order valence-corrected chi connectivity index (χ2v) is 6.24. The van der Waals surface area contributed by atoms with E-state index in [-0.39, 0.29) is 11.6 Å². The lowest BCUT2D eigenvalue weighted by Crippen LogP contribution is -2.24. The molecule has 0 spiro atoms. The lowest BCUT2D eigenvalue weighted by molar-refractivity contribution is 0.0599. The first-order valence-corrected chi connectivity index (χ1v) is 8.16. The molecule has 6 heteroatoms. The van der Waals surface area contributed by atoms with Crippen molar-refractivity contribution in [2.45, 2.75) is 19.9 Å². The summed E-state index contributed by atoms with van der Waals surface area (Å²) in [6.45, 7) is 3.65. The van der Waals surface area contributed by atoms with E-state index in [1.165, 1.54) is 7.11 Å². The molecule has 0 aliphatic heterocycles. The van der Waals surface area contributed by atoms with Crippen LogP contribution in [0.1, 0.15) is 34.6 Å². The Hall–Kier alpha value is -2.66. The van der Waals surface area contributed by atoms with Crippen LogP contribution >= 0.6 is 11.6 Å². The Morgan fingerprint density at radius 1 is 1.24 bits per heavy atom. The van der Waals surface area contributed by atoms with Gasteiger partial charge in [0.05, 0.1) is 35.3 Å². The SMILES string of the molecule is COC(=O)c1cc2c(=O)n(C(C)c3ccc(Cl)cc3)ccc2nc1C. The van der Waals surface area contributed by atoms with Gasteiger partial charge in [0.2, 0.25) is 0 Å². The number of hydrogen-bond donors (Lipinski definition) is 0. The minimum atomic E-state index is -0.507. The number of carbonyl (C=O) groups is 1. The number of fused-ring (bicyclic) bond motifs is 1. The first-order valence-electron chi connectivity index (χ1n) is 7.78. The van der Waals surface area contributed by atoms with Gasteiger partial charge in [0.15, 0.2) is 0 Å². The number of esters is 1. The van der Waals surface area contributed by atoms with Crippen LogP contribution in [-0.2, 0) is 4.74 Å². The quantitative estimate of drug-likeness (QED) is 0.670. The van der Waals surface area contributed by atoms with Crippen LogP contribution < -0.4 is 5.56 Å². The summed E-state index contributed by atoms with van der Waals surface area (Å²) in [6, 6.07) is 10.5. The van der Waals surface area contributed by atoms with E-state index in [0.29, 0.717) is 27.2 Å². The molecule has 0 amide bonds. The predicted molar refractivity (Wildman–Crippen MR) is 97.3 cm³/mol. The second-order valence-electron chi connectivity index (χ2n) is 5.80. The average Bonchev–Trinajstić information content (AvgIpc) is 2.61. The highest BCUT2D eigenvalue weighted by Gasteiger charge is 2.16. The summed E-state index contributed by atoms with van der Waals surface area (Å²) in [5.74, 6) is -0.507. The number of benzene rings is 1. The first kappa shape index (κ1) is 17.2. The lowest BCUT2D eigenvalue weighted by atomic mass is 10.1. The molecule has 2 heterocycles. The maximum atomic E-state index is 12.9. The molecule has 1 unspecified atom stereocenters. The molecule has 25 heavy (non-hydrogen) atoms. The molecule has 0 saturated carbocycles. The monoisotopic (exact) mass is 356 g/mol. The first-order chi connectivity index (χ1) is 11.9. The van der Waals surface area contributed by atoms with Gasteiger partial charge in [-0.15, -0.1) is 0 Å². The number of aryl methyl sites for hydroxylation is 1. The van der Waals surface area contributed by atoms with E-state index in [9.17, 15) is 9.59 Å². The van der Waals surface area contributed by atoms with E-state index in [0.717, 1.165) is 5.56 Å². The van der Waals surface area contributed by atoms with Crippen LogP contribution in [0.25, 0.3) is 10.9 Å². The molecule has 0 aliphatic carbocycles. The Morgan fingerprint density at radius 2 is 1.92 bits per heavy atom. The second kappa shape index (κ2) is 6.69. The number of ether oxygens (including phenoxy) is 1. The number of pyridine rings is 2. The molecule has 2 aromatic heterocycles. The number of nitrogens with zero attached hydrogens (tertiary/aromatic N) is 2. The van der Waals surface area contributed by atoms with Crippen molar-refractivity contribution >= 4 is 28.5 Å². The van der Waals surface area contributed by atoms with Crippen molar-refractivity contribution in [3.8, 4) is 0 Å². The molecular weight excluding hydrogens is 340 g/mol. The van der Waals surface area contributed by atoms with Crippen LogP contribution in [0.15, 0.2) is 47.4 Å². The third-order valence-electron chi connectivity index (χ3n) is 4.28. The van der Waals surface area contributed by atoms with Crippen LogP contribution in [0.3, 0.4) is 0 Å². The highest BCUT2D eigenvalue weighted by atomic mass is 35.5. The van der Waals surface area contributed by atoms with Crippen molar-refractivity contribution in [2.75, 3.05) is 7.11 Å². The summed E-state index contributed by atoms with van der Waals surface area (Å²) in [4.78, 5) is 29.2. The summed E-state index contributed by atoms with van der Waals surface area (Å²) in [7, 11) is 1.30. The Labute approximate surface area is 149 Å². The van der Waals surface area contributed by atoms with E-state index in [1.807, 2.05) is 19.1 Å². The van der Waals surface area contributed by atoms with Gasteiger partial charge in [0.25, 0.3) is 5.56 Å². The zero-order chi connectivity index (χ0) is 18.1. The van der Waals surface area contributed by atoms with E-state index < -0.39 is 5.97 Å². The molecule has 1 atom stereocenters. The van der Waals surface area contributed by atoms with Gasteiger partial charge in [-0.2, -0.15) is 0 Å². The van der Waals surface area contributed by atoms with Gasteiger partial charge >= 0.3 is 5.97 Å². The fraction of sp³-hybridized carbons (Fsp3) is 0.211. The molecular formula is C19H17ClN2O3. The number of halogens is 1. The molecule has 5 nitrogen and oxygen atoms in total. The molecule has 3 aromatic rings.